The fourth-order valence-electron chi connectivity index (χ4n) is 5.94. The van der Waals surface area contributed by atoms with Gasteiger partial charge in [0.15, 0.2) is 11.5 Å². The first-order valence-corrected chi connectivity index (χ1v) is 17.6. The first-order valence-electron chi connectivity index (χ1n) is 13.9. The lowest BCUT2D eigenvalue weighted by Crippen LogP contribution is -2.04. The maximum absolute atomic E-state index is 12.6. The Balaban J connectivity index is 1.57. The summed E-state index contributed by atoms with van der Waals surface area (Å²) in [5, 5.41) is 28.2. The van der Waals surface area contributed by atoms with Crippen molar-refractivity contribution in [2.45, 2.75) is 9.79 Å². The van der Waals surface area contributed by atoms with Gasteiger partial charge in [0.1, 0.15) is 21.2 Å². The standard InChI is InChI=1S/C32H22Cl2N6O8S2/c33-23-9-13(1-5-19(23)25-21-11-15(35)3-7-17(21)29(41)27(39-37)31(25)49(43,44)45)14-2-6-20(24(34)10-14)26-22-12-16(36)4-8-18(22)30(42)28(40-38)32(26)50(46,47)48/h1-12,37-38,41-42H,35-36H2,(H,43,44,45)(H,46,47,48). The zero-order valence-electron chi connectivity index (χ0n) is 25.0. The van der Waals surface area contributed by atoms with Crippen molar-refractivity contribution in [3.63, 3.8) is 0 Å². The highest BCUT2D eigenvalue weighted by Gasteiger charge is 2.31. The number of halogens is 2. The van der Waals surface area contributed by atoms with Crippen molar-refractivity contribution in [2.24, 2.45) is 10.2 Å². The number of nitrogen functional groups attached to an aromatic ring is 2. The molecule has 6 rings (SSSR count). The minimum Gasteiger partial charge on any atom is -0.505 e. The Bertz CT molecular complexity index is 2540. The summed E-state index contributed by atoms with van der Waals surface area (Å²) in [6, 6.07) is 17.3. The van der Waals surface area contributed by atoms with E-state index in [-0.39, 0.29) is 65.2 Å². The van der Waals surface area contributed by atoms with E-state index < -0.39 is 52.9 Å². The van der Waals surface area contributed by atoms with Crippen LogP contribution in [0.1, 0.15) is 0 Å². The first kappa shape index (κ1) is 34.5. The van der Waals surface area contributed by atoms with Gasteiger partial charge in [-0.25, -0.2) is 11.1 Å². The largest absolute Gasteiger partial charge is 0.505 e. The van der Waals surface area contributed by atoms with Crippen LogP contribution in [-0.4, -0.2) is 36.2 Å². The lowest BCUT2D eigenvalue weighted by atomic mass is 9.92. The van der Waals surface area contributed by atoms with E-state index in [4.69, 9.17) is 45.7 Å². The summed E-state index contributed by atoms with van der Waals surface area (Å²) in [4.78, 5) is -1.72. The van der Waals surface area contributed by atoms with Gasteiger partial charge in [0.25, 0.3) is 20.2 Å². The molecular formula is C32H22Cl2N6O8S2. The van der Waals surface area contributed by atoms with Crippen LogP contribution in [0.15, 0.2) is 92.8 Å². The van der Waals surface area contributed by atoms with Crippen molar-refractivity contribution in [3.8, 4) is 44.9 Å². The summed E-state index contributed by atoms with van der Waals surface area (Å²) in [6.07, 6.45) is 0. The number of nitrogens with one attached hydrogen (secondary N) is 2. The molecule has 0 spiro atoms. The van der Waals surface area contributed by atoms with Crippen LogP contribution >= 0.6 is 23.2 Å². The van der Waals surface area contributed by atoms with Gasteiger partial charge in [0.2, 0.25) is 0 Å². The number of anilines is 2. The number of phenolic OH excluding ortho intramolecular Hbond substituents is 2. The molecule has 18 heteroatoms. The molecule has 0 saturated heterocycles. The molecule has 14 nitrogen and oxygen atoms in total. The summed E-state index contributed by atoms with van der Waals surface area (Å²) in [7, 11) is -10.2. The van der Waals surface area contributed by atoms with Crippen LogP contribution in [0.4, 0.5) is 22.7 Å². The molecule has 6 aromatic carbocycles. The molecule has 6 aromatic rings. The smallest absolute Gasteiger partial charge is 0.297 e. The predicted molar refractivity (Wildman–Crippen MR) is 189 cm³/mol. The van der Waals surface area contributed by atoms with E-state index in [0.29, 0.717) is 11.1 Å². The number of rotatable bonds is 7. The van der Waals surface area contributed by atoms with E-state index in [1.54, 1.807) is 12.1 Å². The third-order valence-corrected chi connectivity index (χ3v) is 10.5. The fourth-order valence-corrected chi connectivity index (χ4v) is 8.22. The van der Waals surface area contributed by atoms with E-state index >= 15 is 0 Å². The molecular weight excluding hydrogens is 731 g/mol. The third kappa shape index (κ3) is 5.63. The average molecular weight is 754 g/mol. The molecule has 0 saturated carbocycles. The summed E-state index contributed by atoms with van der Waals surface area (Å²) in [5.41, 5.74) is 26.7. The Morgan fingerprint density at radius 3 is 1.22 bits per heavy atom. The van der Waals surface area contributed by atoms with Gasteiger partial charge in [-0.1, -0.05) is 47.5 Å². The zero-order valence-corrected chi connectivity index (χ0v) is 28.1. The van der Waals surface area contributed by atoms with Crippen LogP contribution in [-0.2, 0) is 20.2 Å². The number of nitrogens with zero attached hydrogens (tertiary/aromatic N) is 2. The molecule has 0 aliphatic carbocycles. The number of benzene rings is 6. The Kier molecular flexibility index (Phi) is 8.42. The Labute approximate surface area is 293 Å². The monoisotopic (exact) mass is 752 g/mol. The van der Waals surface area contributed by atoms with Gasteiger partial charge in [-0.05, 0) is 70.4 Å². The topological polar surface area (TPSA) is 274 Å². The van der Waals surface area contributed by atoms with Crippen molar-refractivity contribution < 1.29 is 36.2 Å². The Morgan fingerprint density at radius 2 is 0.920 bits per heavy atom. The summed E-state index contributed by atoms with van der Waals surface area (Å²) < 4.78 is 71.0. The molecule has 0 bridgehead atoms. The van der Waals surface area contributed by atoms with Crippen LogP contribution in [0.2, 0.25) is 10.0 Å². The van der Waals surface area contributed by atoms with Crippen LogP contribution in [0.3, 0.4) is 0 Å². The molecule has 0 fully saturated rings. The maximum atomic E-state index is 12.6. The molecule has 0 atom stereocenters. The lowest BCUT2D eigenvalue weighted by molar-refractivity contribution is 0.472. The number of aromatic hydroxyl groups is 2. The lowest BCUT2D eigenvalue weighted by Gasteiger charge is -2.18. The van der Waals surface area contributed by atoms with Crippen molar-refractivity contribution >= 4 is 87.7 Å². The van der Waals surface area contributed by atoms with Crippen LogP contribution < -0.4 is 11.5 Å². The minimum absolute atomic E-state index is 0.0340. The van der Waals surface area contributed by atoms with Crippen molar-refractivity contribution in [3.05, 3.63) is 82.8 Å². The molecule has 0 unspecified atom stereocenters. The van der Waals surface area contributed by atoms with E-state index in [1.165, 1.54) is 60.7 Å². The zero-order chi connectivity index (χ0) is 36.4. The van der Waals surface area contributed by atoms with Crippen LogP contribution in [0.5, 0.6) is 11.5 Å². The molecule has 0 aromatic heterocycles. The summed E-state index contributed by atoms with van der Waals surface area (Å²) >= 11 is 13.5. The first-order chi connectivity index (χ1) is 23.5. The van der Waals surface area contributed by atoms with E-state index in [2.05, 4.69) is 10.2 Å². The Hall–Kier alpha value is -5.36. The molecule has 0 aliphatic rings. The van der Waals surface area contributed by atoms with Crippen LogP contribution in [0.25, 0.3) is 54.9 Å². The second kappa shape index (κ2) is 12.2. The molecule has 254 valence electrons. The van der Waals surface area contributed by atoms with E-state index in [1.807, 2.05) is 0 Å². The third-order valence-electron chi connectivity index (χ3n) is 8.02. The quantitative estimate of drug-likeness (QED) is 0.0436. The Morgan fingerprint density at radius 1 is 0.560 bits per heavy atom. The van der Waals surface area contributed by atoms with Gasteiger partial charge in [-0.3, -0.25) is 9.11 Å². The summed E-state index contributed by atoms with van der Waals surface area (Å²) in [5.74, 6) is -1.34. The summed E-state index contributed by atoms with van der Waals surface area (Å²) in [6.45, 7) is 0. The van der Waals surface area contributed by atoms with Gasteiger partial charge < -0.3 is 21.7 Å². The van der Waals surface area contributed by atoms with E-state index in [0.717, 1.165) is 0 Å². The normalized spacial score (nSPS) is 12.0. The fraction of sp³-hybridized carbons (Fsp3) is 0. The number of hydrogen-bond donors (Lipinski definition) is 8. The van der Waals surface area contributed by atoms with Gasteiger partial charge in [-0.2, -0.15) is 27.1 Å². The second-order valence-corrected chi connectivity index (χ2v) is 14.5. The average Bonchev–Trinajstić information content (AvgIpc) is 3.04. The molecule has 0 aliphatic heterocycles. The second-order valence-electron chi connectivity index (χ2n) is 11.0. The highest BCUT2D eigenvalue weighted by Crippen LogP contribution is 2.51. The van der Waals surface area contributed by atoms with Crippen LogP contribution in [0, 0.1) is 11.1 Å². The van der Waals surface area contributed by atoms with Crippen molar-refractivity contribution in [2.75, 3.05) is 11.5 Å². The number of nitrogens with two attached hydrogens (primary N) is 2. The molecule has 0 heterocycles. The highest BCUT2D eigenvalue weighted by molar-refractivity contribution is 7.86. The number of hydrogen-bond acceptors (Lipinski definition) is 12. The number of phenols is 2. The van der Waals surface area contributed by atoms with E-state index in [9.17, 15) is 36.2 Å². The molecule has 50 heavy (non-hydrogen) atoms. The molecule has 0 amide bonds. The van der Waals surface area contributed by atoms with Gasteiger partial charge in [-0.15, -0.1) is 0 Å². The maximum Gasteiger partial charge on any atom is 0.297 e. The van der Waals surface area contributed by atoms with Gasteiger partial charge in [0.05, 0.1) is 0 Å². The van der Waals surface area contributed by atoms with Gasteiger partial charge in [0, 0.05) is 54.4 Å². The highest BCUT2D eigenvalue weighted by atomic mass is 35.5. The number of fused-ring (bicyclic) bond motifs is 2. The SMILES string of the molecule is N=Nc1c(S(=O)(=O)O)c(-c2ccc(-c3ccc(-c4c(S(=O)(=O)O)c(N=N)c(O)c5ccc(N)cc45)c(Cl)c3)cc2Cl)c2cc(N)ccc2c1O. The predicted octanol–water partition coefficient (Wildman–Crippen LogP) is 8.69. The van der Waals surface area contributed by atoms with Crippen molar-refractivity contribution in [1.29, 1.82) is 11.1 Å². The molecule has 10 N–H and O–H groups in total. The van der Waals surface area contributed by atoms with Crippen molar-refractivity contribution in [1.82, 2.24) is 0 Å². The minimum atomic E-state index is -5.10. The van der Waals surface area contributed by atoms with Gasteiger partial charge >= 0.3 is 0 Å². The molecule has 0 radical (unpaired) electrons.